The van der Waals surface area contributed by atoms with Crippen LogP contribution in [0, 0.1) is 6.92 Å². The van der Waals surface area contributed by atoms with Crippen LogP contribution in [0.25, 0.3) is 11.1 Å². The van der Waals surface area contributed by atoms with Crippen LogP contribution in [0.2, 0.25) is 0 Å². The molecule has 3 aromatic rings. The third-order valence-corrected chi connectivity index (χ3v) is 4.56. The van der Waals surface area contributed by atoms with E-state index in [1.165, 1.54) is 0 Å². The smallest absolute Gasteiger partial charge is 0.319 e. The lowest BCUT2D eigenvalue weighted by molar-refractivity contribution is 0.249. The van der Waals surface area contributed by atoms with Crippen LogP contribution in [0.5, 0.6) is 0 Å². The number of aryl methyl sites for hydroxylation is 1. The molecular formula is C21H20BrN3O. The molecule has 0 fully saturated rings. The zero-order valence-electron chi connectivity index (χ0n) is 14.7. The lowest BCUT2D eigenvalue weighted by Gasteiger charge is -2.15. The molecule has 0 aliphatic heterocycles. The SMILES string of the molecule is Cc1cc(-c2ccc(NC(=O)NC(C)c3cccc(Br)c3)cc2)ccn1. The first-order valence-electron chi connectivity index (χ1n) is 8.37. The number of hydrogen-bond donors (Lipinski definition) is 2. The number of rotatable bonds is 4. The van der Waals surface area contributed by atoms with Crippen LogP contribution >= 0.6 is 15.9 Å². The Hall–Kier alpha value is -2.66. The minimum atomic E-state index is -0.231. The molecule has 132 valence electrons. The molecule has 0 spiro atoms. The molecule has 2 aromatic carbocycles. The Balaban J connectivity index is 1.62. The summed E-state index contributed by atoms with van der Waals surface area (Å²) in [4.78, 5) is 16.5. The lowest BCUT2D eigenvalue weighted by Crippen LogP contribution is -2.31. The number of urea groups is 1. The number of carbonyl (C=O) groups excluding carboxylic acids is 1. The number of nitrogens with zero attached hydrogens (tertiary/aromatic N) is 1. The van der Waals surface area contributed by atoms with Gasteiger partial charge in [-0.2, -0.15) is 0 Å². The van der Waals surface area contributed by atoms with Crippen LogP contribution < -0.4 is 10.6 Å². The van der Waals surface area contributed by atoms with Gasteiger partial charge in [-0.25, -0.2) is 4.79 Å². The number of amides is 2. The topological polar surface area (TPSA) is 54.0 Å². The first kappa shape index (κ1) is 18.1. The number of pyridine rings is 1. The van der Waals surface area contributed by atoms with Gasteiger partial charge in [-0.3, -0.25) is 4.98 Å². The molecule has 0 saturated heterocycles. The number of carbonyl (C=O) groups is 1. The predicted octanol–water partition coefficient (Wildman–Crippen LogP) is 5.70. The molecule has 4 nitrogen and oxygen atoms in total. The van der Waals surface area contributed by atoms with E-state index in [0.29, 0.717) is 0 Å². The second-order valence-corrected chi connectivity index (χ2v) is 7.05. The summed E-state index contributed by atoms with van der Waals surface area (Å²) in [7, 11) is 0. The zero-order chi connectivity index (χ0) is 18.5. The van der Waals surface area contributed by atoms with Crippen molar-refractivity contribution in [1.82, 2.24) is 10.3 Å². The van der Waals surface area contributed by atoms with E-state index in [1.54, 1.807) is 6.20 Å². The molecule has 1 heterocycles. The van der Waals surface area contributed by atoms with Gasteiger partial charge in [0.1, 0.15) is 0 Å². The van der Waals surface area contributed by atoms with Crippen molar-refractivity contribution < 1.29 is 4.79 Å². The standard InChI is InChI=1S/C21H20BrN3O/c1-14-12-18(10-11-23-14)16-6-8-20(9-7-16)25-21(26)24-15(2)17-4-3-5-19(22)13-17/h3-13,15H,1-2H3,(H2,24,25,26). The van der Waals surface area contributed by atoms with Crippen LogP contribution in [0.4, 0.5) is 10.5 Å². The molecule has 0 bridgehead atoms. The molecule has 5 heteroatoms. The summed E-state index contributed by atoms with van der Waals surface area (Å²) in [6, 6.07) is 19.4. The number of nitrogens with one attached hydrogen (secondary N) is 2. The van der Waals surface area contributed by atoms with Crippen LogP contribution in [0.15, 0.2) is 71.3 Å². The summed E-state index contributed by atoms with van der Waals surface area (Å²) in [5.74, 6) is 0. The molecule has 3 rings (SSSR count). The highest BCUT2D eigenvalue weighted by atomic mass is 79.9. The summed E-state index contributed by atoms with van der Waals surface area (Å²) in [6.07, 6.45) is 1.80. The lowest BCUT2D eigenvalue weighted by atomic mass is 10.1. The molecule has 0 aliphatic carbocycles. The minimum absolute atomic E-state index is 0.0911. The van der Waals surface area contributed by atoms with Crippen molar-refractivity contribution in [3.05, 3.63) is 82.6 Å². The quantitative estimate of drug-likeness (QED) is 0.580. The maximum Gasteiger partial charge on any atom is 0.319 e. The Morgan fingerprint density at radius 2 is 1.81 bits per heavy atom. The third-order valence-electron chi connectivity index (χ3n) is 4.07. The Labute approximate surface area is 161 Å². The fraction of sp³-hybridized carbons (Fsp3) is 0.143. The van der Waals surface area contributed by atoms with Crippen LogP contribution in [-0.2, 0) is 0 Å². The van der Waals surface area contributed by atoms with Gasteiger partial charge in [0, 0.05) is 22.1 Å². The second kappa shape index (κ2) is 8.15. The van der Waals surface area contributed by atoms with Gasteiger partial charge in [0.2, 0.25) is 0 Å². The van der Waals surface area contributed by atoms with Crippen molar-refractivity contribution in [3.63, 3.8) is 0 Å². The monoisotopic (exact) mass is 409 g/mol. The first-order valence-corrected chi connectivity index (χ1v) is 9.16. The summed E-state index contributed by atoms with van der Waals surface area (Å²) in [5.41, 5.74) is 4.96. The van der Waals surface area contributed by atoms with E-state index in [0.717, 1.165) is 32.5 Å². The Morgan fingerprint density at radius 3 is 2.50 bits per heavy atom. The Bertz CT molecular complexity index is 909. The van der Waals surface area contributed by atoms with Crippen molar-refractivity contribution in [3.8, 4) is 11.1 Å². The van der Waals surface area contributed by atoms with E-state index in [-0.39, 0.29) is 12.1 Å². The summed E-state index contributed by atoms with van der Waals surface area (Å²) < 4.78 is 0.992. The average Bonchev–Trinajstić information content (AvgIpc) is 2.62. The van der Waals surface area contributed by atoms with E-state index in [9.17, 15) is 4.79 Å². The molecule has 1 aromatic heterocycles. The summed E-state index contributed by atoms with van der Waals surface area (Å²) >= 11 is 3.45. The van der Waals surface area contributed by atoms with Gasteiger partial charge in [-0.05, 0) is 66.9 Å². The molecule has 2 amide bonds. The molecular weight excluding hydrogens is 390 g/mol. The molecule has 0 radical (unpaired) electrons. The normalized spacial score (nSPS) is 11.7. The van der Waals surface area contributed by atoms with E-state index >= 15 is 0 Å². The van der Waals surface area contributed by atoms with Crippen LogP contribution in [0.1, 0.15) is 24.2 Å². The molecule has 26 heavy (non-hydrogen) atoms. The van der Waals surface area contributed by atoms with Gasteiger partial charge >= 0.3 is 6.03 Å². The fourth-order valence-electron chi connectivity index (χ4n) is 2.69. The number of benzene rings is 2. The van der Waals surface area contributed by atoms with Gasteiger partial charge < -0.3 is 10.6 Å². The highest BCUT2D eigenvalue weighted by Crippen LogP contribution is 2.22. The third kappa shape index (κ3) is 4.70. The number of aromatic nitrogens is 1. The van der Waals surface area contributed by atoms with Gasteiger partial charge in [-0.1, -0.05) is 40.2 Å². The number of halogens is 1. The van der Waals surface area contributed by atoms with Crippen molar-refractivity contribution >= 4 is 27.6 Å². The minimum Gasteiger partial charge on any atom is -0.331 e. The van der Waals surface area contributed by atoms with Crippen molar-refractivity contribution in [1.29, 1.82) is 0 Å². The van der Waals surface area contributed by atoms with Gasteiger partial charge in [0.05, 0.1) is 6.04 Å². The highest BCUT2D eigenvalue weighted by Gasteiger charge is 2.10. The van der Waals surface area contributed by atoms with Crippen molar-refractivity contribution in [2.75, 3.05) is 5.32 Å². The van der Waals surface area contributed by atoms with Crippen LogP contribution in [-0.4, -0.2) is 11.0 Å². The van der Waals surface area contributed by atoms with Gasteiger partial charge in [0.25, 0.3) is 0 Å². The maximum atomic E-state index is 12.2. The maximum absolute atomic E-state index is 12.2. The summed E-state index contributed by atoms with van der Waals surface area (Å²) in [5, 5.41) is 5.82. The average molecular weight is 410 g/mol. The van der Waals surface area contributed by atoms with Crippen molar-refractivity contribution in [2.45, 2.75) is 19.9 Å². The van der Waals surface area contributed by atoms with Gasteiger partial charge in [-0.15, -0.1) is 0 Å². The van der Waals surface area contributed by atoms with E-state index in [1.807, 2.05) is 74.5 Å². The summed E-state index contributed by atoms with van der Waals surface area (Å²) in [6.45, 7) is 3.92. The highest BCUT2D eigenvalue weighted by molar-refractivity contribution is 9.10. The Kier molecular flexibility index (Phi) is 5.68. The molecule has 0 aliphatic rings. The first-order chi connectivity index (χ1) is 12.5. The van der Waals surface area contributed by atoms with Crippen molar-refractivity contribution in [2.24, 2.45) is 0 Å². The number of hydrogen-bond acceptors (Lipinski definition) is 2. The van der Waals surface area contributed by atoms with Crippen LogP contribution in [0.3, 0.4) is 0 Å². The second-order valence-electron chi connectivity index (χ2n) is 6.14. The Morgan fingerprint density at radius 1 is 1.04 bits per heavy atom. The molecule has 2 N–H and O–H groups in total. The molecule has 0 saturated carbocycles. The molecule has 1 atom stereocenters. The van der Waals surface area contributed by atoms with E-state index < -0.39 is 0 Å². The van der Waals surface area contributed by atoms with Gasteiger partial charge in [0.15, 0.2) is 0 Å². The number of anilines is 1. The van der Waals surface area contributed by atoms with E-state index in [2.05, 4.69) is 31.5 Å². The largest absolute Gasteiger partial charge is 0.331 e. The van der Waals surface area contributed by atoms with E-state index in [4.69, 9.17) is 0 Å². The fourth-order valence-corrected chi connectivity index (χ4v) is 3.11. The zero-order valence-corrected chi connectivity index (χ0v) is 16.2. The predicted molar refractivity (Wildman–Crippen MR) is 109 cm³/mol. The molecule has 1 unspecified atom stereocenters.